The smallest absolute Gasteiger partial charge is 0.272 e. The first-order valence-corrected chi connectivity index (χ1v) is 10.6. The molecule has 0 N–H and O–H groups in total. The minimum Gasteiger partial charge on any atom is -0.497 e. The number of benzene rings is 3. The van der Waals surface area contributed by atoms with Crippen molar-refractivity contribution in [3.05, 3.63) is 88.4 Å². The number of halogens is 1. The minimum absolute atomic E-state index is 0.0325. The molecule has 150 valence electrons. The molecule has 0 fully saturated rings. The lowest BCUT2D eigenvalue weighted by Gasteiger charge is -2.23. The van der Waals surface area contributed by atoms with Gasteiger partial charge in [-0.15, -0.1) is 0 Å². The summed E-state index contributed by atoms with van der Waals surface area (Å²) in [5.41, 5.74) is 2.40. The van der Waals surface area contributed by atoms with Gasteiger partial charge >= 0.3 is 0 Å². The van der Waals surface area contributed by atoms with Crippen LogP contribution < -0.4 is 9.04 Å². The molecular weight excluding hydrogens is 410 g/mol. The Morgan fingerprint density at radius 2 is 1.52 bits per heavy atom. The van der Waals surface area contributed by atoms with Gasteiger partial charge < -0.3 is 4.74 Å². The monoisotopic (exact) mass is 429 g/mol. The first kappa shape index (κ1) is 20.9. The fraction of sp³-hybridized carbons (Fsp3) is 0.136. The van der Waals surface area contributed by atoms with Gasteiger partial charge in [-0.2, -0.15) is 4.31 Å². The number of hydrogen-bond donors (Lipinski definition) is 0. The molecule has 0 saturated heterocycles. The molecule has 0 spiro atoms. The summed E-state index contributed by atoms with van der Waals surface area (Å²) in [6.45, 7) is 3.80. The van der Waals surface area contributed by atoms with E-state index in [1.165, 1.54) is 43.5 Å². The number of carbonyl (C=O) groups excluding carboxylic acids is 1. The number of rotatable bonds is 5. The highest BCUT2D eigenvalue weighted by atomic mass is 35.5. The van der Waals surface area contributed by atoms with Crippen molar-refractivity contribution in [2.45, 2.75) is 18.7 Å². The molecule has 29 heavy (non-hydrogen) atoms. The normalized spacial score (nSPS) is 11.2. The predicted molar refractivity (Wildman–Crippen MR) is 114 cm³/mol. The highest BCUT2D eigenvalue weighted by molar-refractivity contribution is 7.93. The molecule has 3 aromatic rings. The van der Waals surface area contributed by atoms with E-state index >= 15 is 0 Å². The van der Waals surface area contributed by atoms with Crippen molar-refractivity contribution in [2.75, 3.05) is 11.4 Å². The molecule has 0 aromatic heterocycles. The van der Waals surface area contributed by atoms with Crippen LogP contribution in [-0.2, 0) is 10.0 Å². The van der Waals surface area contributed by atoms with Gasteiger partial charge in [0.2, 0.25) is 0 Å². The molecule has 3 rings (SSSR count). The molecule has 0 aliphatic heterocycles. The summed E-state index contributed by atoms with van der Waals surface area (Å²) in [6.07, 6.45) is 0. The Hall–Kier alpha value is -2.83. The van der Waals surface area contributed by atoms with E-state index in [9.17, 15) is 13.2 Å². The first-order chi connectivity index (χ1) is 13.7. The zero-order valence-corrected chi connectivity index (χ0v) is 17.8. The van der Waals surface area contributed by atoms with Crippen molar-refractivity contribution in [3.63, 3.8) is 0 Å². The summed E-state index contributed by atoms with van der Waals surface area (Å²) in [5, 5.41) is 0.403. The van der Waals surface area contributed by atoms with Crippen molar-refractivity contribution in [2.24, 2.45) is 0 Å². The molecule has 0 saturated carbocycles. The Morgan fingerprint density at radius 3 is 2.07 bits per heavy atom. The first-order valence-electron chi connectivity index (χ1n) is 8.80. The minimum atomic E-state index is -4.18. The lowest BCUT2D eigenvalue weighted by Crippen LogP contribution is -2.37. The Bertz CT molecular complexity index is 1140. The van der Waals surface area contributed by atoms with E-state index in [1.807, 2.05) is 13.8 Å². The molecule has 0 radical (unpaired) electrons. The van der Waals surface area contributed by atoms with E-state index in [0.717, 1.165) is 15.4 Å². The average Bonchev–Trinajstić information content (AvgIpc) is 2.71. The van der Waals surface area contributed by atoms with E-state index < -0.39 is 15.9 Å². The number of sulfonamides is 1. The van der Waals surface area contributed by atoms with Crippen LogP contribution in [0.3, 0.4) is 0 Å². The summed E-state index contributed by atoms with van der Waals surface area (Å²) in [6, 6.07) is 17.1. The summed E-state index contributed by atoms with van der Waals surface area (Å²) < 4.78 is 32.7. The van der Waals surface area contributed by atoms with Crippen LogP contribution >= 0.6 is 11.6 Å². The highest BCUT2D eigenvalue weighted by Crippen LogP contribution is 2.29. The average molecular weight is 430 g/mol. The fourth-order valence-electron chi connectivity index (χ4n) is 2.79. The second kappa shape index (κ2) is 8.27. The number of hydrogen-bond acceptors (Lipinski definition) is 4. The van der Waals surface area contributed by atoms with Crippen LogP contribution in [0.1, 0.15) is 21.5 Å². The van der Waals surface area contributed by atoms with Crippen molar-refractivity contribution in [1.29, 1.82) is 0 Å². The van der Waals surface area contributed by atoms with Gasteiger partial charge in [0.25, 0.3) is 15.9 Å². The van der Waals surface area contributed by atoms with Gasteiger partial charge in [-0.1, -0.05) is 17.7 Å². The number of carbonyl (C=O) groups is 1. The molecule has 0 unspecified atom stereocenters. The third-order valence-corrected chi connectivity index (χ3v) is 6.57. The summed E-state index contributed by atoms with van der Waals surface area (Å²) in [4.78, 5) is 13.3. The highest BCUT2D eigenvalue weighted by Gasteiger charge is 2.32. The zero-order chi connectivity index (χ0) is 21.2. The third kappa shape index (κ3) is 4.28. The zero-order valence-electron chi connectivity index (χ0n) is 16.2. The molecule has 0 aliphatic carbocycles. The maximum Gasteiger partial charge on any atom is 0.272 e. The summed E-state index contributed by atoms with van der Waals surface area (Å²) in [7, 11) is -2.67. The summed E-state index contributed by atoms with van der Waals surface area (Å²) >= 11 is 5.89. The quantitative estimate of drug-likeness (QED) is 0.572. The van der Waals surface area contributed by atoms with E-state index in [4.69, 9.17) is 16.3 Å². The molecular formula is C22H20ClNO4S. The molecule has 0 atom stereocenters. The molecule has 7 heteroatoms. The van der Waals surface area contributed by atoms with Crippen LogP contribution in [0.4, 0.5) is 5.69 Å². The predicted octanol–water partition coefficient (Wildman–Crippen LogP) is 5.00. The van der Waals surface area contributed by atoms with Crippen molar-refractivity contribution >= 4 is 33.2 Å². The Balaban J connectivity index is 2.16. The maximum absolute atomic E-state index is 13.4. The van der Waals surface area contributed by atoms with Crippen LogP contribution in [0.5, 0.6) is 5.75 Å². The number of anilines is 1. The van der Waals surface area contributed by atoms with Crippen LogP contribution in [-0.4, -0.2) is 21.4 Å². The van der Waals surface area contributed by atoms with Crippen molar-refractivity contribution < 1.29 is 17.9 Å². The Kier molecular flexibility index (Phi) is 5.96. The van der Waals surface area contributed by atoms with Crippen molar-refractivity contribution in [3.8, 4) is 5.75 Å². The van der Waals surface area contributed by atoms with E-state index in [2.05, 4.69) is 0 Å². The van der Waals surface area contributed by atoms with Crippen LogP contribution in [0, 0.1) is 13.8 Å². The van der Waals surface area contributed by atoms with Gasteiger partial charge in [0.05, 0.1) is 17.7 Å². The standard InChI is InChI=1S/C22H20ClNO4S/c1-15-4-5-17(14-16(15)2)22(25)24(19-8-10-20(28-3)11-9-19)29(26,27)21-12-6-18(23)7-13-21/h4-14H,1-3H3. The Labute approximate surface area is 175 Å². The van der Waals surface area contributed by atoms with Gasteiger partial charge in [-0.05, 0) is 85.6 Å². The number of methoxy groups -OCH3 is 1. The van der Waals surface area contributed by atoms with Crippen LogP contribution in [0.2, 0.25) is 5.02 Å². The summed E-state index contributed by atoms with van der Waals surface area (Å²) in [5.74, 6) is -0.0931. The van der Waals surface area contributed by atoms with Gasteiger partial charge in [0.15, 0.2) is 0 Å². The lowest BCUT2D eigenvalue weighted by molar-refractivity contribution is 0.100. The SMILES string of the molecule is COc1ccc(N(C(=O)c2ccc(C)c(C)c2)S(=O)(=O)c2ccc(Cl)cc2)cc1. The van der Waals surface area contributed by atoms with Gasteiger partial charge in [-0.25, -0.2) is 8.42 Å². The molecule has 5 nitrogen and oxygen atoms in total. The maximum atomic E-state index is 13.4. The van der Waals surface area contributed by atoms with Crippen molar-refractivity contribution in [1.82, 2.24) is 0 Å². The van der Waals surface area contributed by atoms with E-state index in [-0.39, 0.29) is 16.1 Å². The van der Waals surface area contributed by atoms with Gasteiger partial charge in [0.1, 0.15) is 5.75 Å². The van der Waals surface area contributed by atoms with Crippen LogP contribution in [0.25, 0.3) is 0 Å². The topological polar surface area (TPSA) is 63.7 Å². The fourth-order valence-corrected chi connectivity index (χ4v) is 4.33. The second-order valence-corrected chi connectivity index (χ2v) is 8.75. The molecule has 0 aliphatic rings. The molecule has 0 heterocycles. The number of aryl methyl sites for hydroxylation is 2. The van der Waals surface area contributed by atoms with E-state index in [1.54, 1.807) is 30.3 Å². The van der Waals surface area contributed by atoms with Gasteiger partial charge in [0, 0.05) is 10.6 Å². The largest absolute Gasteiger partial charge is 0.497 e. The van der Waals surface area contributed by atoms with E-state index in [0.29, 0.717) is 10.8 Å². The number of ether oxygens (including phenoxy) is 1. The molecule has 0 bridgehead atoms. The molecule has 1 amide bonds. The molecule has 3 aromatic carbocycles. The third-order valence-electron chi connectivity index (χ3n) is 4.60. The van der Waals surface area contributed by atoms with Crippen LogP contribution in [0.15, 0.2) is 71.6 Å². The number of nitrogens with zero attached hydrogens (tertiary/aromatic N) is 1. The lowest BCUT2D eigenvalue weighted by atomic mass is 10.1. The van der Waals surface area contributed by atoms with Gasteiger partial charge in [-0.3, -0.25) is 4.79 Å². The number of amides is 1. The Morgan fingerprint density at radius 1 is 0.897 bits per heavy atom. The second-order valence-electron chi connectivity index (χ2n) is 6.53.